The quantitative estimate of drug-likeness (QED) is 0.829. The number of rotatable bonds is 3. The topological polar surface area (TPSA) is 102 Å². The lowest BCUT2D eigenvalue weighted by Gasteiger charge is -2.20. The van der Waals surface area contributed by atoms with Crippen molar-refractivity contribution < 1.29 is 17.9 Å². The number of carbonyl (C=O) groups excluding carboxylic acids is 1. The summed E-state index contributed by atoms with van der Waals surface area (Å²) in [5.41, 5.74) is 8.40. The fourth-order valence-electron chi connectivity index (χ4n) is 2.65. The third kappa shape index (κ3) is 2.88. The van der Waals surface area contributed by atoms with Gasteiger partial charge >= 0.3 is 6.09 Å². The molecule has 7 nitrogen and oxygen atoms in total. The summed E-state index contributed by atoms with van der Waals surface area (Å²) in [5.74, 6) is 0. The van der Waals surface area contributed by atoms with Crippen molar-refractivity contribution in [1.82, 2.24) is 0 Å². The summed E-state index contributed by atoms with van der Waals surface area (Å²) in [4.78, 5) is 11.3. The Morgan fingerprint density at radius 3 is 2.58 bits per heavy atom. The van der Waals surface area contributed by atoms with Crippen LogP contribution in [0.2, 0.25) is 0 Å². The third-order valence-electron chi connectivity index (χ3n) is 3.83. The van der Waals surface area contributed by atoms with E-state index in [1.807, 2.05) is 0 Å². The Kier molecular flexibility index (Phi) is 4.06. The number of ether oxygens (including phenoxy) is 1. The standard InChI is InChI=1S/C16H17N3O4S/c1-23-16(20)18-13-3-5-14(6-4-13)24(21,22)19-9-8-11-10-12(17)2-7-15(11)19/h2-7,10H,8-9,17H2,1H3,(H,18,20). The average molecular weight is 347 g/mol. The number of sulfonamides is 1. The fourth-order valence-corrected chi connectivity index (χ4v) is 4.15. The van der Waals surface area contributed by atoms with Gasteiger partial charge in [0.1, 0.15) is 0 Å². The minimum Gasteiger partial charge on any atom is -0.453 e. The van der Waals surface area contributed by atoms with Crippen LogP contribution < -0.4 is 15.4 Å². The first-order valence-corrected chi connectivity index (χ1v) is 8.72. The van der Waals surface area contributed by atoms with Crippen molar-refractivity contribution >= 4 is 33.2 Å². The van der Waals surface area contributed by atoms with Gasteiger partial charge < -0.3 is 10.5 Å². The largest absolute Gasteiger partial charge is 0.453 e. The molecule has 3 rings (SSSR count). The van der Waals surface area contributed by atoms with Crippen LogP contribution >= 0.6 is 0 Å². The number of nitrogen functional groups attached to an aromatic ring is 1. The smallest absolute Gasteiger partial charge is 0.411 e. The van der Waals surface area contributed by atoms with Crippen molar-refractivity contribution in [2.24, 2.45) is 0 Å². The molecule has 0 fully saturated rings. The van der Waals surface area contributed by atoms with E-state index in [-0.39, 0.29) is 4.90 Å². The SMILES string of the molecule is COC(=O)Nc1ccc(S(=O)(=O)N2CCc3cc(N)ccc32)cc1. The van der Waals surface area contributed by atoms with E-state index in [9.17, 15) is 13.2 Å². The molecule has 2 aromatic carbocycles. The summed E-state index contributed by atoms with van der Waals surface area (Å²) in [7, 11) is -2.41. The Morgan fingerprint density at radius 2 is 1.92 bits per heavy atom. The van der Waals surface area contributed by atoms with Gasteiger partial charge in [-0.15, -0.1) is 0 Å². The van der Waals surface area contributed by atoms with Gasteiger partial charge in [-0.3, -0.25) is 9.62 Å². The molecule has 1 amide bonds. The monoisotopic (exact) mass is 347 g/mol. The van der Waals surface area contributed by atoms with Crippen molar-refractivity contribution in [3.05, 3.63) is 48.0 Å². The van der Waals surface area contributed by atoms with E-state index in [1.54, 1.807) is 18.2 Å². The number of carbonyl (C=O) groups is 1. The number of methoxy groups -OCH3 is 1. The van der Waals surface area contributed by atoms with E-state index in [2.05, 4.69) is 10.1 Å². The molecular weight excluding hydrogens is 330 g/mol. The number of nitrogens with one attached hydrogen (secondary N) is 1. The Bertz CT molecular complexity index is 879. The molecule has 0 radical (unpaired) electrons. The van der Waals surface area contributed by atoms with Crippen LogP contribution in [0.25, 0.3) is 0 Å². The molecule has 2 aromatic rings. The van der Waals surface area contributed by atoms with Crippen molar-refractivity contribution in [3.8, 4) is 0 Å². The zero-order chi connectivity index (χ0) is 17.3. The molecule has 24 heavy (non-hydrogen) atoms. The molecule has 0 saturated carbocycles. The maximum atomic E-state index is 12.9. The molecular formula is C16H17N3O4S. The highest BCUT2D eigenvalue weighted by Gasteiger charge is 2.30. The number of nitrogens with zero attached hydrogens (tertiary/aromatic N) is 1. The second-order valence-electron chi connectivity index (χ2n) is 5.36. The molecule has 0 saturated heterocycles. The number of nitrogens with two attached hydrogens (primary N) is 1. The summed E-state index contributed by atoms with van der Waals surface area (Å²) in [6.45, 7) is 0.378. The third-order valence-corrected chi connectivity index (χ3v) is 5.66. The molecule has 8 heteroatoms. The van der Waals surface area contributed by atoms with Gasteiger partial charge in [0.05, 0.1) is 17.7 Å². The van der Waals surface area contributed by atoms with Gasteiger partial charge in [0.15, 0.2) is 0 Å². The van der Waals surface area contributed by atoms with E-state index in [0.29, 0.717) is 30.0 Å². The van der Waals surface area contributed by atoms with Crippen LogP contribution in [0, 0.1) is 0 Å². The van der Waals surface area contributed by atoms with Crippen molar-refractivity contribution in [2.45, 2.75) is 11.3 Å². The normalized spacial score (nSPS) is 13.5. The van der Waals surface area contributed by atoms with Crippen LogP contribution in [-0.4, -0.2) is 28.2 Å². The first kappa shape index (κ1) is 16.1. The Labute approximate surface area is 140 Å². The van der Waals surface area contributed by atoms with Gasteiger partial charge in [-0.1, -0.05) is 0 Å². The lowest BCUT2D eigenvalue weighted by molar-refractivity contribution is 0.187. The average Bonchev–Trinajstić information content (AvgIpc) is 2.99. The Balaban J connectivity index is 1.88. The van der Waals surface area contributed by atoms with Crippen LogP contribution in [0.3, 0.4) is 0 Å². The van der Waals surface area contributed by atoms with Crippen LogP contribution in [0.4, 0.5) is 21.9 Å². The van der Waals surface area contributed by atoms with Gasteiger partial charge in [0.25, 0.3) is 10.0 Å². The maximum Gasteiger partial charge on any atom is 0.411 e. The molecule has 0 bridgehead atoms. The molecule has 0 aromatic heterocycles. The minimum atomic E-state index is -3.67. The summed E-state index contributed by atoms with van der Waals surface area (Å²) in [6, 6.07) is 11.2. The van der Waals surface area contributed by atoms with Gasteiger partial charge in [-0.25, -0.2) is 13.2 Å². The first-order valence-electron chi connectivity index (χ1n) is 7.28. The molecule has 1 aliphatic heterocycles. The molecule has 0 aliphatic carbocycles. The van der Waals surface area contributed by atoms with Crippen molar-refractivity contribution in [1.29, 1.82) is 0 Å². The van der Waals surface area contributed by atoms with Gasteiger partial charge in [-0.05, 0) is 54.4 Å². The highest BCUT2D eigenvalue weighted by Crippen LogP contribution is 2.34. The molecule has 126 valence electrons. The minimum absolute atomic E-state index is 0.155. The number of amides is 1. The van der Waals surface area contributed by atoms with E-state index in [0.717, 1.165) is 5.56 Å². The second kappa shape index (κ2) is 6.04. The van der Waals surface area contributed by atoms with Crippen LogP contribution in [-0.2, 0) is 21.2 Å². The highest BCUT2D eigenvalue weighted by molar-refractivity contribution is 7.92. The lowest BCUT2D eigenvalue weighted by Crippen LogP contribution is -2.29. The molecule has 0 atom stereocenters. The van der Waals surface area contributed by atoms with E-state index in [4.69, 9.17) is 5.73 Å². The van der Waals surface area contributed by atoms with Crippen molar-refractivity contribution in [2.75, 3.05) is 29.0 Å². The fraction of sp³-hybridized carbons (Fsp3) is 0.188. The Morgan fingerprint density at radius 1 is 1.21 bits per heavy atom. The Hall–Kier alpha value is -2.74. The lowest BCUT2D eigenvalue weighted by atomic mass is 10.1. The predicted octanol–water partition coefficient (Wildman–Crippen LogP) is 2.20. The summed E-state index contributed by atoms with van der Waals surface area (Å²) < 4.78 is 31.6. The second-order valence-corrected chi connectivity index (χ2v) is 7.22. The van der Waals surface area contributed by atoms with Crippen LogP contribution in [0.5, 0.6) is 0 Å². The number of anilines is 3. The zero-order valence-corrected chi connectivity index (χ0v) is 13.8. The van der Waals surface area contributed by atoms with Gasteiger partial charge in [0, 0.05) is 17.9 Å². The van der Waals surface area contributed by atoms with E-state index >= 15 is 0 Å². The summed E-state index contributed by atoms with van der Waals surface area (Å²) in [5, 5.41) is 2.48. The number of fused-ring (bicyclic) bond motifs is 1. The van der Waals surface area contributed by atoms with E-state index < -0.39 is 16.1 Å². The molecule has 0 spiro atoms. The molecule has 1 aliphatic rings. The van der Waals surface area contributed by atoms with Gasteiger partial charge in [-0.2, -0.15) is 0 Å². The van der Waals surface area contributed by atoms with Crippen LogP contribution in [0.1, 0.15) is 5.56 Å². The predicted molar refractivity (Wildman–Crippen MR) is 91.6 cm³/mol. The molecule has 3 N–H and O–H groups in total. The number of benzene rings is 2. The highest BCUT2D eigenvalue weighted by atomic mass is 32.2. The summed E-state index contributed by atoms with van der Waals surface area (Å²) >= 11 is 0. The van der Waals surface area contributed by atoms with Crippen LogP contribution in [0.15, 0.2) is 47.4 Å². The first-order chi connectivity index (χ1) is 11.4. The van der Waals surface area contributed by atoms with E-state index in [1.165, 1.54) is 35.7 Å². The number of hydrogen-bond donors (Lipinski definition) is 2. The zero-order valence-electron chi connectivity index (χ0n) is 13.0. The number of hydrogen-bond acceptors (Lipinski definition) is 5. The molecule has 1 heterocycles. The van der Waals surface area contributed by atoms with Gasteiger partial charge in [0.2, 0.25) is 0 Å². The molecule has 0 unspecified atom stereocenters. The maximum absolute atomic E-state index is 12.9. The summed E-state index contributed by atoms with van der Waals surface area (Å²) in [6.07, 6.45) is 0.0124. The van der Waals surface area contributed by atoms with Crippen molar-refractivity contribution in [3.63, 3.8) is 0 Å².